The summed E-state index contributed by atoms with van der Waals surface area (Å²) < 4.78 is 1.85. The second-order valence-electron chi connectivity index (χ2n) is 4.96. The average Bonchev–Trinajstić information content (AvgIpc) is 2.99. The number of nitrogens with zero attached hydrogens (tertiary/aromatic N) is 3. The van der Waals surface area contributed by atoms with Crippen LogP contribution < -0.4 is 5.32 Å². The molecule has 0 unspecified atom stereocenters. The fraction of sp³-hybridized carbons (Fsp3) is 0.267. The monoisotopic (exact) mass is 300 g/mol. The molecule has 2 heterocycles. The van der Waals surface area contributed by atoms with Crippen LogP contribution in [-0.4, -0.2) is 27.0 Å². The average molecular weight is 300 g/mol. The van der Waals surface area contributed by atoms with E-state index in [0.29, 0.717) is 12.1 Å². The van der Waals surface area contributed by atoms with Crippen LogP contribution in [0.2, 0.25) is 0 Å². The lowest BCUT2D eigenvalue weighted by molar-refractivity contribution is 0.0954. The second kappa shape index (κ2) is 5.65. The van der Waals surface area contributed by atoms with Crippen molar-refractivity contribution < 1.29 is 4.79 Å². The van der Waals surface area contributed by atoms with Crippen molar-refractivity contribution in [3.8, 4) is 0 Å². The van der Waals surface area contributed by atoms with Crippen molar-refractivity contribution in [1.82, 2.24) is 19.9 Å². The number of fused-ring (bicyclic) bond motifs is 1. The molecular weight excluding hydrogens is 284 g/mol. The van der Waals surface area contributed by atoms with Gasteiger partial charge in [0, 0.05) is 23.9 Å². The Morgan fingerprint density at radius 2 is 2.24 bits per heavy atom. The van der Waals surface area contributed by atoms with Crippen LogP contribution in [0.5, 0.6) is 0 Å². The molecule has 1 N–H and O–H groups in total. The van der Waals surface area contributed by atoms with Crippen molar-refractivity contribution in [2.45, 2.75) is 20.3 Å². The lowest BCUT2D eigenvalue weighted by atomic mass is 10.1. The van der Waals surface area contributed by atoms with Crippen molar-refractivity contribution in [3.05, 3.63) is 52.3 Å². The van der Waals surface area contributed by atoms with E-state index >= 15 is 0 Å². The van der Waals surface area contributed by atoms with Crippen molar-refractivity contribution in [2.24, 2.45) is 0 Å². The predicted octanol–water partition coefficient (Wildman–Crippen LogP) is 2.38. The Hall–Kier alpha value is -2.21. The molecule has 1 amide bonds. The van der Waals surface area contributed by atoms with Gasteiger partial charge in [-0.1, -0.05) is 17.7 Å². The van der Waals surface area contributed by atoms with Gasteiger partial charge in [0.2, 0.25) is 4.96 Å². The fourth-order valence-electron chi connectivity index (χ4n) is 2.19. The van der Waals surface area contributed by atoms with Crippen LogP contribution in [0.15, 0.2) is 29.6 Å². The number of benzene rings is 1. The summed E-state index contributed by atoms with van der Waals surface area (Å²) in [4.78, 5) is 17.3. The zero-order valence-electron chi connectivity index (χ0n) is 12.0. The molecule has 0 fully saturated rings. The highest BCUT2D eigenvalue weighted by molar-refractivity contribution is 7.15. The zero-order chi connectivity index (χ0) is 14.8. The van der Waals surface area contributed by atoms with E-state index in [1.54, 1.807) is 11.3 Å². The van der Waals surface area contributed by atoms with E-state index in [-0.39, 0.29) is 5.91 Å². The molecule has 6 heteroatoms. The number of thiazole rings is 1. The summed E-state index contributed by atoms with van der Waals surface area (Å²) >= 11 is 1.57. The maximum atomic E-state index is 12.0. The van der Waals surface area contributed by atoms with Crippen LogP contribution in [0.25, 0.3) is 4.96 Å². The number of nitrogens with one attached hydrogen (secondary N) is 1. The first kappa shape index (κ1) is 13.8. The van der Waals surface area contributed by atoms with Gasteiger partial charge in [-0.05, 0) is 26.0 Å². The molecule has 0 bridgehead atoms. The normalized spacial score (nSPS) is 11.0. The third-order valence-corrected chi connectivity index (χ3v) is 4.07. The minimum Gasteiger partial charge on any atom is -0.352 e. The molecule has 3 aromatic rings. The molecule has 0 saturated heterocycles. The lowest BCUT2D eigenvalue weighted by Gasteiger charge is -2.05. The lowest BCUT2D eigenvalue weighted by Crippen LogP contribution is -2.26. The number of aryl methyl sites for hydroxylation is 2. The van der Waals surface area contributed by atoms with Crippen molar-refractivity contribution in [3.63, 3.8) is 0 Å². The van der Waals surface area contributed by atoms with Crippen LogP contribution in [0.1, 0.15) is 27.4 Å². The first-order chi connectivity index (χ1) is 10.1. The minimum atomic E-state index is -0.0417. The van der Waals surface area contributed by atoms with Crippen molar-refractivity contribution >= 4 is 22.2 Å². The number of carbonyl (C=O) groups excluding carboxylic acids is 1. The topological polar surface area (TPSA) is 59.3 Å². The minimum absolute atomic E-state index is 0.0417. The summed E-state index contributed by atoms with van der Waals surface area (Å²) in [5.41, 5.74) is 2.85. The Balaban J connectivity index is 1.62. The molecular formula is C15H16N4OS. The molecule has 108 valence electrons. The van der Waals surface area contributed by atoms with Gasteiger partial charge in [0.25, 0.3) is 5.91 Å². The Kier molecular flexibility index (Phi) is 3.70. The number of rotatable bonds is 4. The highest BCUT2D eigenvalue weighted by Crippen LogP contribution is 2.14. The van der Waals surface area contributed by atoms with Crippen LogP contribution in [-0.2, 0) is 6.42 Å². The SMILES string of the molecule is Cc1cccc(C(=O)NCCc2csc3nc(C)nn23)c1. The molecule has 2 aromatic heterocycles. The molecule has 3 rings (SSSR count). The highest BCUT2D eigenvalue weighted by atomic mass is 32.1. The number of hydrogen-bond acceptors (Lipinski definition) is 4. The molecule has 0 spiro atoms. The molecule has 0 aliphatic rings. The Labute approximate surface area is 126 Å². The number of amides is 1. The fourth-order valence-corrected chi connectivity index (χ4v) is 3.09. The van der Waals surface area contributed by atoms with E-state index in [0.717, 1.165) is 28.5 Å². The predicted molar refractivity (Wildman–Crippen MR) is 82.8 cm³/mol. The summed E-state index contributed by atoms with van der Waals surface area (Å²) in [6.07, 6.45) is 0.736. The maximum absolute atomic E-state index is 12.0. The highest BCUT2D eigenvalue weighted by Gasteiger charge is 2.09. The molecule has 0 saturated carbocycles. The van der Waals surface area contributed by atoms with E-state index < -0.39 is 0 Å². The number of aromatic nitrogens is 3. The van der Waals surface area contributed by atoms with Gasteiger partial charge < -0.3 is 5.32 Å². The third-order valence-electron chi connectivity index (χ3n) is 3.20. The summed E-state index contributed by atoms with van der Waals surface area (Å²) in [7, 11) is 0. The van der Waals surface area contributed by atoms with Gasteiger partial charge in [0.05, 0.1) is 5.69 Å². The molecule has 0 atom stereocenters. The van der Waals surface area contributed by atoms with Gasteiger partial charge >= 0.3 is 0 Å². The Morgan fingerprint density at radius 3 is 3.05 bits per heavy atom. The van der Waals surface area contributed by atoms with E-state index in [1.165, 1.54) is 0 Å². The zero-order valence-corrected chi connectivity index (χ0v) is 12.8. The van der Waals surface area contributed by atoms with E-state index in [9.17, 15) is 4.79 Å². The number of hydrogen-bond donors (Lipinski definition) is 1. The van der Waals surface area contributed by atoms with Gasteiger partial charge in [-0.25, -0.2) is 9.50 Å². The standard InChI is InChI=1S/C15H16N4OS/c1-10-4-3-5-12(8-10)14(20)16-7-6-13-9-21-15-17-11(2)18-19(13)15/h3-5,8-9H,6-7H2,1-2H3,(H,16,20). The van der Waals surface area contributed by atoms with Gasteiger partial charge in [-0.3, -0.25) is 4.79 Å². The summed E-state index contributed by atoms with van der Waals surface area (Å²) in [6, 6.07) is 7.58. The maximum Gasteiger partial charge on any atom is 0.251 e. The molecule has 0 radical (unpaired) electrons. The van der Waals surface area contributed by atoms with Gasteiger partial charge in [-0.2, -0.15) is 5.10 Å². The largest absolute Gasteiger partial charge is 0.352 e. The van der Waals surface area contributed by atoms with Gasteiger partial charge in [-0.15, -0.1) is 11.3 Å². The first-order valence-electron chi connectivity index (χ1n) is 6.78. The van der Waals surface area contributed by atoms with Gasteiger partial charge in [0.15, 0.2) is 0 Å². The van der Waals surface area contributed by atoms with E-state index in [2.05, 4.69) is 15.4 Å². The van der Waals surface area contributed by atoms with Crippen LogP contribution in [0.3, 0.4) is 0 Å². The first-order valence-corrected chi connectivity index (χ1v) is 7.66. The molecule has 0 aliphatic heterocycles. The summed E-state index contributed by atoms with van der Waals surface area (Å²) in [5.74, 6) is 0.729. The molecule has 5 nitrogen and oxygen atoms in total. The quantitative estimate of drug-likeness (QED) is 0.805. The van der Waals surface area contributed by atoms with E-state index in [4.69, 9.17) is 0 Å². The van der Waals surface area contributed by atoms with Crippen LogP contribution in [0, 0.1) is 13.8 Å². The van der Waals surface area contributed by atoms with Crippen molar-refractivity contribution in [2.75, 3.05) is 6.54 Å². The summed E-state index contributed by atoms with van der Waals surface area (Å²) in [6.45, 7) is 4.44. The van der Waals surface area contributed by atoms with Gasteiger partial charge in [0.1, 0.15) is 5.82 Å². The van der Waals surface area contributed by atoms with E-state index in [1.807, 2.05) is 48.0 Å². The molecule has 21 heavy (non-hydrogen) atoms. The number of carbonyl (C=O) groups is 1. The second-order valence-corrected chi connectivity index (χ2v) is 5.79. The van der Waals surface area contributed by atoms with Crippen LogP contribution in [0.4, 0.5) is 0 Å². The van der Waals surface area contributed by atoms with Crippen LogP contribution >= 0.6 is 11.3 Å². The summed E-state index contributed by atoms with van der Waals surface area (Å²) in [5, 5.41) is 9.32. The third kappa shape index (κ3) is 2.95. The smallest absolute Gasteiger partial charge is 0.251 e. The Morgan fingerprint density at radius 1 is 1.38 bits per heavy atom. The van der Waals surface area contributed by atoms with Crippen molar-refractivity contribution in [1.29, 1.82) is 0 Å². The molecule has 1 aromatic carbocycles. The Bertz CT molecular complexity index is 790. The molecule has 0 aliphatic carbocycles.